The molecule has 1 aromatic carbocycles. The fraction of sp³-hybridized carbons (Fsp3) is 0.417. The Kier molecular flexibility index (Phi) is 11.4. The molecule has 0 spiro atoms. The van der Waals surface area contributed by atoms with E-state index in [9.17, 15) is 23.9 Å². The van der Waals surface area contributed by atoms with Crippen molar-refractivity contribution in [1.82, 2.24) is 20.9 Å². The zero-order chi connectivity index (χ0) is 26.5. The van der Waals surface area contributed by atoms with Crippen LogP contribution in [0.25, 0.3) is 5.57 Å². The van der Waals surface area contributed by atoms with Crippen molar-refractivity contribution in [2.45, 2.75) is 26.3 Å². The van der Waals surface area contributed by atoms with E-state index in [0.717, 1.165) is 11.8 Å². The average Bonchev–Trinajstić information content (AvgIpc) is 2.90. The molecule has 1 atom stereocenters. The van der Waals surface area contributed by atoms with Crippen LogP contribution in [-0.2, 0) is 14.4 Å². The van der Waals surface area contributed by atoms with Gasteiger partial charge in [0.2, 0.25) is 12.3 Å². The van der Waals surface area contributed by atoms with E-state index in [-0.39, 0.29) is 23.7 Å². The van der Waals surface area contributed by atoms with Gasteiger partial charge in [-0.2, -0.15) is 0 Å². The highest BCUT2D eigenvalue weighted by molar-refractivity contribution is 6.15. The summed E-state index contributed by atoms with van der Waals surface area (Å²) in [4.78, 5) is 42.2. The first kappa shape index (κ1) is 28.3. The lowest BCUT2D eigenvalue weighted by atomic mass is 10.1. The molecule has 1 fully saturated rings. The first-order valence-electron chi connectivity index (χ1n) is 11.8. The predicted octanol–water partition coefficient (Wildman–Crippen LogP) is 0.452. The first-order chi connectivity index (χ1) is 17.4. The summed E-state index contributed by atoms with van der Waals surface area (Å²) in [5.74, 6) is -1.98. The second-order valence-electron chi connectivity index (χ2n) is 7.71. The maximum Gasteiger partial charge on any atom is 0.337 e. The Morgan fingerprint density at radius 3 is 2.56 bits per heavy atom. The number of carboxylic acid groups (broad SMARTS) is 1. The van der Waals surface area contributed by atoms with Gasteiger partial charge in [-0.15, -0.1) is 0 Å². The molecule has 0 bridgehead atoms. The van der Waals surface area contributed by atoms with Crippen molar-refractivity contribution >= 4 is 35.8 Å². The Morgan fingerprint density at radius 2 is 1.97 bits per heavy atom. The number of hydrogen-bond donors (Lipinski definition) is 5. The predicted molar refractivity (Wildman–Crippen MR) is 137 cm³/mol. The van der Waals surface area contributed by atoms with Gasteiger partial charge < -0.3 is 36.6 Å². The lowest BCUT2D eigenvalue weighted by molar-refractivity contribution is -0.133. The molecule has 0 aromatic heterocycles. The van der Waals surface area contributed by atoms with Crippen molar-refractivity contribution in [2.24, 2.45) is 10.7 Å². The number of hydrogen-bond acceptors (Lipinski definition) is 8. The quantitative estimate of drug-likeness (QED) is 0.134. The Bertz CT molecular complexity index is 1000. The third-order valence-electron chi connectivity index (χ3n) is 5.44. The van der Waals surface area contributed by atoms with E-state index in [0.29, 0.717) is 51.2 Å². The molecule has 3 rings (SSSR count). The summed E-state index contributed by atoms with van der Waals surface area (Å²) >= 11 is 0. The maximum absolute atomic E-state index is 14.9. The first-order valence-corrected chi connectivity index (χ1v) is 11.8. The van der Waals surface area contributed by atoms with Crippen molar-refractivity contribution in [3.63, 3.8) is 0 Å². The van der Waals surface area contributed by atoms with Crippen LogP contribution < -0.4 is 26.6 Å². The van der Waals surface area contributed by atoms with Gasteiger partial charge in [-0.05, 0) is 17.7 Å². The largest absolute Gasteiger partial charge is 0.478 e. The molecule has 196 valence electrons. The topological polar surface area (TPSA) is 152 Å². The van der Waals surface area contributed by atoms with Crippen molar-refractivity contribution in [2.75, 3.05) is 44.3 Å². The summed E-state index contributed by atoms with van der Waals surface area (Å²) in [6.07, 6.45) is 5.48. The number of carbonyl (C=O) groups excluding carboxylic acids is 2. The number of aliphatic carboxylic acids is 1. The fourth-order valence-corrected chi connectivity index (χ4v) is 3.71. The molecule has 2 aliphatic heterocycles. The number of anilines is 1. The Morgan fingerprint density at radius 1 is 1.25 bits per heavy atom. The summed E-state index contributed by atoms with van der Waals surface area (Å²) < 4.78 is 14.9. The van der Waals surface area contributed by atoms with E-state index >= 15 is 0 Å². The van der Waals surface area contributed by atoms with Crippen LogP contribution >= 0.6 is 0 Å². The van der Waals surface area contributed by atoms with Crippen molar-refractivity contribution in [3.05, 3.63) is 47.7 Å². The number of piperazine rings is 1. The third kappa shape index (κ3) is 7.80. The standard InChI is InChI=1S/C22H28FN7O4.C2H6/c23-18-9-15(17(22(33)34)12-26-13-27-14-31)1-2-20(18)29-5-7-30(8-6-29)21(32)19(24)10-16-11-25-3-4-28-16;1-2/h1-2,4,9,11-12,14,19,25-26H,3,5-8,10,13,24H2,(H,27,31)(H,33,34);1-2H3/b17-12-;/t19-;/m1./s1. The van der Waals surface area contributed by atoms with Gasteiger partial charge in [0.25, 0.3) is 0 Å². The van der Waals surface area contributed by atoms with Crippen LogP contribution in [0.3, 0.4) is 0 Å². The number of nitrogens with zero attached hydrogens (tertiary/aromatic N) is 3. The molecule has 2 aliphatic rings. The van der Waals surface area contributed by atoms with E-state index in [1.54, 1.807) is 17.3 Å². The van der Waals surface area contributed by atoms with Gasteiger partial charge in [-0.1, -0.05) is 19.9 Å². The van der Waals surface area contributed by atoms with Gasteiger partial charge in [0.1, 0.15) is 5.82 Å². The number of halogens is 1. The molecule has 0 saturated carbocycles. The average molecular weight is 504 g/mol. The monoisotopic (exact) mass is 503 g/mol. The molecule has 1 saturated heterocycles. The Balaban J connectivity index is 0.00000222. The summed E-state index contributed by atoms with van der Waals surface area (Å²) in [6, 6.07) is 3.49. The van der Waals surface area contributed by atoms with Gasteiger partial charge >= 0.3 is 5.97 Å². The minimum atomic E-state index is -1.24. The summed E-state index contributed by atoms with van der Waals surface area (Å²) in [6.45, 7) is 6.30. The molecule has 2 heterocycles. The highest BCUT2D eigenvalue weighted by atomic mass is 19.1. The van der Waals surface area contributed by atoms with Crippen LogP contribution in [0.5, 0.6) is 0 Å². The minimum Gasteiger partial charge on any atom is -0.478 e. The minimum absolute atomic E-state index is 0.0369. The molecule has 11 nitrogen and oxygen atoms in total. The Hall–Kier alpha value is -3.93. The molecule has 36 heavy (non-hydrogen) atoms. The molecule has 12 heteroatoms. The van der Waals surface area contributed by atoms with Crippen LogP contribution in [0.4, 0.5) is 10.1 Å². The number of carbonyl (C=O) groups is 3. The lowest BCUT2D eigenvalue weighted by Crippen LogP contribution is -2.53. The summed E-state index contributed by atoms with van der Waals surface area (Å²) in [5, 5.41) is 17.4. The smallest absolute Gasteiger partial charge is 0.337 e. The van der Waals surface area contributed by atoms with Gasteiger partial charge in [-0.25, -0.2) is 9.18 Å². The zero-order valence-corrected chi connectivity index (χ0v) is 20.5. The van der Waals surface area contributed by atoms with Gasteiger partial charge in [0.15, 0.2) is 0 Å². The molecule has 1 aromatic rings. The van der Waals surface area contributed by atoms with E-state index in [2.05, 4.69) is 20.9 Å². The SMILES string of the molecule is CC.N[C@H](CC1=CNCC=N1)C(=O)N1CCN(c2ccc(/C(=C/NCNC=O)C(=O)O)cc2F)CC1. The number of nitrogens with two attached hydrogens (primary N) is 1. The van der Waals surface area contributed by atoms with Gasteiger partial charge in [0.05, 0.1) is 29.7 Å². The molecular formula is C24H34FN7O4. The number of amides is 2. The fourth-order valence-electron chi connectivity index (χ4n) is 3.71. The van der Waals surface area contributed by atoms with Crippen molar-refractivity contribution < 1.29 is 23.9 Å². The number of rotatable bonds is 10. The third-order valence-corrected chi connectivity index (χ3v) is 5.44. The summed E-state index contributed by atoms with van der Waals surface area (Å²) in [5.41, 5.74) is 7.17. The number of nitrogens with one attached hydrogen (secondary N) is 3. The van der Waals surface area contributed by atoms with Crippen LogP contribution in [0.1, 0.15) is 25.8 Å². The van der Waals surface area contributed by atoms with Crippen LogP contribution in [0, 0.1) is 5.82 Å². The van der Waals surface area contributed by atoms with E-state index in [4.69, 9.17) is 5.73 Å². The molecule has 2 amide bonds. The van der Waals surface area contributed by atoms with Gasteiger partial charge in [0, 0.05) is 57.8 Å². The Labute approximate surface area is 209 Å². The number of aliphatic imine (C=N–C) groups is 1. The molecule has 6 N–H and O–H groups in total. The van der Waals surface area contributed by atoms with Crippen molar-refractivity contribution in [3.8, 4) is 0 Å². The number of carboxylic acids is 1. The van der Waals surface area contributed by atoms with E-state index in [1.165, 1.54) is 18.3 Å². The van der Waals surface area contributed by atoms with Crippen molar-refractivity contribution in [1.29, 1.82) is 0 Å². The normalized spacial score (nSPS) is 16.1. The zero-order valence-electron chi connectivity index (χ0n) is 20.5. The highest BCUT2D eigenvalue weighted by Crippen LogP contribution is 2.25. The second kappa shape index (κ2) is 14.5. The lowest BCUT2D eigenvalue weighted by Gasteiger charge is -2.37. The molecule has 0 aliphatic carbocycles. The second-order valence-corrected chi connectivity index (χ2v) is 7.71. The summed E-state index contributed by atoms with van der Waals surface area (Å²) in [7, 11) is 0. The molecular weight excluding hydrogens is 469 g/mol. The number of benzene rings is 1. The van der Waals surface area contributed by atoms with Crippen LogP contribution in [0.2, 0.25) is 0 Å². The highest BCUT2D eigenvalue weighted by Gasteiger charge is 2.27. The maximum atomic E-state index is 14.9. The van der Waals surface area contributed by atoms with E-state index < -0.39 is 17.8 Å². The van der Waals surface area contributed by atoms with E-state index in [1.807, 2.05) is 18.7 Å². The molecule has 0 radical (unpaired) electrons. The molecule has 0 unspecified atom stereocenters. The van der Waals surface area contributed by atoms with Gasteiger partial charge in [-0.3, -0.25) is 14.6 Å². The van der Waals surface area contributed by atoms with Crippen LogP contribution in [0.15, 0.2) is 41.3 Å². The van der Waals surface area contributed by atoms with Crippen LogP contribution in [-0.4, -0.2) is 79.9 Å².